The van der Waals surface area contributed by atoms with Crippen LogP contribution in [0.4, 0.5) is 15.4 Å². The molecular formula is C40H62N8O10. The normalized spacial score (nSPS) is 27.7. The second kappa shape index (κ2) is 17.0. The Bertz CT molecular complexity index is 1860. The zero-order valence-electron chi connectivity index (χ0n) is 35.7. The first-order valence-corrected chi connectivity index (χ1v) is 20.1. The van der Waals surface area contributed by atoms with E-state index in [9.17, 15) is 24.3 Å². The number of nitrogen functional groups attached to an aromatic ring is 1. The Kier molecular flexibility index (Phi) is 13.0. The summed E-state index contributed by atoms with van der Waals surface area (Å²) in [5.74, 6) is -3.49. The number of hydrogen-bond acceptors (Lipinski definition) is 14. The zero-order valence-corrected chi connectivity index (χ0v) is 35.7. The van der Waals surface area contributed by atoms with E-state index in [4.69, 9.17) is 34.4 Å². The monoisotopic (exact) mass is 814 g/mol. The van der Waals surface area contributed by atoms with Crippen molar-refractivity contribution in [3.05, 3.63) is 18.1 Å². The smallest absolute Gasteiger partial charge is 0.413 e. The minimum Gasteiger partial charge on any atom is -0.463 e. The van der Waals surface area contributed by atoms with Crippen LogP contribution in [0.5, 0.6) is 0 Å². The number of amidine groups is 1. The molecule has 0 radical (unpaired) electrons. The van der Waals surface area contributed by atoms with Gasteiger partial charge in [0.05, 0.1) is 35.7 Å². The molecule has 3 fully saturated rings. The van der Waals surface area contributed by atoms with Gasteiger partial charge in [-0.2, -0.15) is 0 Å². The van der Waals surface area contributed by atoms with Crippen molar-refractivity contribution in [2.24, 2.45) is 22.7 Å². The fourth-order valence-electron chi connectivity index (χ4n) is 8.60. The van der Waals surface area contributed by atoms with Crippen LogP contribution >= 0.6 is 0 Å². The predicted molar refractivity (Wildman–Crippen MR) is 213 cm³/mol. The highest BCUT2D eigenvalue weighted by Gasteiger charge is 2.61. The highest BCUT2D eigenvalue weighted by atomic mass is 16.8. The van der Waals surface area contributed by atoms with Gasteiger partial charge < -0.3 is 44.8 Å². The number of aromatic amines is 1. The maximum absolute atomic E-state index is 14.3. The van der Waals surface area contributed by atoms with E-state index in [1.807, 2.05) is 13.8 Å². The van der Waals surface area contributed by atoms with E-state index >= 15 is 0 Å². The lowest BCUT2D eigenvalue weighted by molar-refractivity contribution is -0.173. The number of aliphatic hydroxyl groups excluding tert-OH is 1. The number of amides is 3. The number of ether oxygens (including phenoxy) is 5. The van der Waals surface area contributed by atoms with E-state index in [1.165, 1.54) is 18.2 Å². The summed E-state index contributed by atoms with van der Waals surface area (Å²) in [6, 6.07) is -2.97. The number of nitrogens with zero attached hydrogens (tertiary/aromatic N) is 4. The summed E-state index contributed by atoms with van der Waals surface area (Å²) in [6.45, 7) is 20.7. The van der Waals surface area contributed by atoms with Gasteiger partial charge in [-0.15, -0.1) is 0 Å². The first kappa shape index (κ1) is 44.6. The zero-order chi connectivity index (χ0) is 43.1. The second-order valence-corrected chi connectivity index (χ2v) is 17.9. The Morgan fingerprint density at radius 2 is 1.69 bits per heavy atom. The van der Waals surface area contributed by atoms with Gasteiger partial charge in [-0.1, -0.05) is 26.7 Å². The molecule has 3 amide bonds. The van der Waals surface area contributed by atoms with Crippen molar-refractivity contribution in [1.82, 2.24) is 30.5 Å². The molecule has 2 aliphatic heterocycles. The molecule has 0 aromatic carbocycles. The molecule has 6 N–H and O–H groups in total. The van der Waals surface area contributed by atoms with E-state index in [-0.39, 0.29) is 36.5 Å². The number of rotatable bonds is 10. The Labute approximate surface area is 339 Å². The molecule has 0 spiro atoms. The number of H-pyrrole nitrogens is 1. The fourth-order valence-corrected chi connectivity index (χ4v) is 8.60. The number of nitrogens with two attached hydrogens (primary N) is 1. The summed E-state index contributed by atoms with van der Waals surface area (Å²) in [5.41, 5.74) is 6.07. The summed E-state index contributed by atoms with van der Waals surface area (Å²) in [4.78, 5) is 71.6. The third kappa shape index (κ3) is 9.82. The molecule has 1 saturated carbocycles. The summed E-state index contributed by atoms with van der Waals surface area (Å²) < 4.78 is 30.3. The fraction of sp³-hybridized carbons (Fsp3) is 0.725. The largest absolute Gasteiger partial charge is 0.463 e. The third-order valence-corrected chi connectivity index (χ3v) is 10.8. The van der Waals surface area contributed by atoms with Gasteiger partial charge in [0, 0.05) is 30.6 Å². The number of aromatic nitrogens is 3. The van der Waals surface area contributed by atoms with Crippen LogP contribution in [0.25, 0.3) is 11.0 Å². The average molecular weight is 815 g/mol. The summed E-state index contributed by atoms with van der Waals surface area (Å²) in [5, 5.41) is 17.7. The molecule has 3 aliphatic rings. The molecule has 2 aromatic heterocycles. The molecule has 0 unspecified atom stereocenters. The standard InChI is InChI=1S/C40H62N8O10/c1-13-21(14-2)27(47-20(4)49)26-24(45-19(3)46-36(52)57-38(5,6)7)15-22(31(26)50)35(51)54-17-25-32-33(56-40(11,12)55-32)30(48(25)37(53)58-39(8,9)10)23-16-42-29-28(23)43-18-44-34(29)41/h16,18,21-22,24-27,30-33,42,50H,13-15,17H2,1-12H3,(H,47,49)(H2,41,43,44)(H,45,46,52)/t22-,24+,25+,26+,27-,30-,31+,32+,33-/m0/s1. The number of likely N-dealkylation sites (tertiary alicyclic amines) is 1. The van der Waals surface area contributed by atoms with Crippen LogP contribution in [0, 0.1) is 17.8 Å². The lowest BCUT2D eigenvalue weighted by Gasteiger charge is -2.36. The highest BCUT2D eigenvalue weighted by Crippen LogP contribution is 2.49. The highest BCUT2D eigenvalue weighted by molar-refractivity contribution is 5.94. The molecule has 1 aliphatic carbocycles. The quantitative estimate of drug-likeness (QED) is 0.0961. The molecule has 5 rings (SSSR count). The van der Waals surface area contributed by atoms with Crippen molar-refractivity contribution in [2.45, 2.75) is 162 Å². The van der Waals surface area contributed by atoms with Gasteiger partial charge in [-0.25, -0.2) is 19.6 Å². The molecule has 0 bridgehead atoms. The lowest BCUT2D eigenvalue weighted by Crippen LogP contribution is -2.51. The SMILES string of the molecule is CCC(CC)[C@H](NC(C)=O)[C@@H]1[C@H](O)[C@@H](C(=O)OC[C@@H]2[C@H]3OC(C)(C)O[C@H]3[C@H](c3c[nH]c4c(N)ncnc34)N2C(=O)OC(C)(C)C)C[C@H]1N=C(C)NC(=O)OC(C)(C)C. The van der Waals surface area contributed by atoms with Gasteiger partial charge in [0.15, 0.2) is 11.6 Å². The summed E-state index contributed by atoms with van der Waals surface area (Å²) in [6.07, 6.45) is 0.248. The van der Waals surface area contributed by atoms with Crippen LogP contribution in [0.1, 0.15) is 114 Å². The van der Waals surface area contributed by atoms with Gasteiger partial charge in [0.1, 0.15) is 47.7 Å². The Morgan fingerprint density at radius 3 is 2.29 bits per heavy atom. The lowest BCUT2D eigenvalue weighted by atomic mass is 9.80. The van der Waals surface area contributed by atoms with Crippen LogP contribution in [0.2, 0.25) is 0 Å². The number of fused-ring (bicyclic) bond motifs is 2. The van der Waals surface area contributed by atoms with E-state index < -0.39 is 89.5 Å². The van der Waals surface area contributed by atoms with E-state index in [0.29, 0.717) is 29.4 Å². The van der Waals surface area contributed by atoms with Gasteiger partial charge in [-0.05, 0) is 74.7 Å². The molecular weight excluding hydrogens is 752 g/mol. The second-order valence-electron chi connectivity index (χ2n) is 17.9. The number of aliphatic hydroxyl groups is 1. The number of aliphatic imine (C=N–C) groups is 1. The molecule has 322 valence electrons. The first-order chi connectivity index (χ1) is 26.9. The maximum Gasteiger partial charge on any atom is 0.413 e. The number of carbonyl (C=O) groups excluding carboxylic acids is 4. The number of nitrogens with one attached hydrogen (secondary N) is 3. The summed E-state index contributed by atoms with van der Waals surface area (Å²) >= 11 is 0. The molecule has 18 heteroatoms. The van der Waals surface area contributed by atoms with Crippen LogP contribution < -0.4 is 16.4 Å². The van der Waals surface area contributed by atoms with Crippen molar-refractivity contribution in [3.63, 3.8) is 0 Å². The Morgan fingerprint density at radius 1 is 1.05 bits per heavy atom. The molecule has 9 atom stereocenters. The topological polar surface area (TPSA) is 242 Å². The van der Waals surface area contributed by atoms with Crippen LogP contribution in [-0.4, -0.2) is 115 Å². The van der Waals surface area contributed by atoms with Crippen LogP contribution in [0.3, 0.4) is 0 Å². The van der Waals surface area contributed by atoms with Crippen molar-refractivity contribution >= 4 is 46.7 Å². The number of esters is 1. The van der Waals surface area contributed by atoms with Gasteiger partial charge in [-0.3, -0.25) is 24.8 Å². The van der Waals surface area contributed by atoms with Crippen molar-refractivity contribution in [3.8, 4) is 0 Å². The minimum absolute atomic E-state index is 0.0481. The number of anilines is 1. The molecule has 2 saturated heterocycles. The van der Waals surface area contributed by atoms with Gasteiger partial charge in [0.25, 0.3) is 0 Å². The third-order valence-electron chi connectivity index (χ3n) is 10.8. The van der Waals surface area contributed by atoms with E-state index in [1.54, 1.807) is 68.5 Å². The van der Waals surface area contributed by atoms with E-state index in [2.05, 4.69) is 25.6 Å². The molecule has 2 aromatic rings. The average Bonchev–Trinajstić information content (AvgIpc) is 3.81. The van der Waals surface area contributed by atoms with Crippen LogP contribution in [0.15, 0.2) is 17.5 Å². The van der Waals surface area contributed by atoms with Gasteiger partial charge in [0.2, 0.25) is 5.91 Å². The number of carbonyl (C=O) groups is 4. The van der Waals surface area contributed by atoms with Crippen molar-refractivity contribution in [1.29, 1.82) is 0 Å². The van der Waals surface area contributed by atoms with Crippen molar-refractivity contribution in [2.75, 3.05) is 12.3 Å². The summed E-state index contributed by atoms with van der Waals surface area (Å²) in [7, 11) is 0. The molecule has 58 heavy (non-hydrogen) atoms. The molecule has 18 nitrogen and oxygen atoms in total. The number of alkyl carbamates (subject to hydrolysis) is 1. The Hall–Kier alpha value is -4.55. The van der Waals surface area contributed by atoms with Crippen molar-refractivity contribution < 1.29 is 48.0 Å². The minimum atomic E-state index is -1.29. The number of hydrogen-bond donors (Lipinski definition) is 5. The predicted octanol–water partition coefficient (Wildman–Crippen LogP) is 4.51. The van der Waals surface area contributed by atoms with Gasteiger partial charge >= 0.3 is 18.2 Å². The maximum atomic E-state index is 14.3. The Balaban J connectivity index is 1.48. The molecule has 4 heterocycles. The van der Waals surface area contributed by atoms with E-state index in [0.717, 1.165) is 0 Å². The first-order valence-electron chi connectivity index (χ1n) is 20.1. The van der Waals surface area contributed by atoms with Crippen LogP contribution in [-0.2, 0) is 33.3 Å².